The van der Waals surface area contributed by atoms with E-state index in [1.54, 1.807) is 6.92 Å². The Hall–Kier alpha value is -1.06. The first-order valence-corrected chi connectivity index (χ1v) is 7.20. The first-order chi connectivity index (χ1) is 8.61. The fourth-order valence-electron chi connectivity index (χ4n) is 4.74. The van der Waals surface area contributed by atoms with E-state index in [1.807, 2.05) is 0 Å². The van der Waals surface area contributed by atoms with Gasteiger partial charge in [-0.1, -0.05) is 6.92 Å². The molecule has 4 aliphatic carbocycles. The highest BCUT2D eigenvalue weighted by molar-refractivity contribution is 5.86. The Kier molecular flexibility index (Phi) is 2.83. The van der Waals surface area contributed by atoms with E-state index in [0.717, 1.165) is 37.0 Å². The highest BCUT2D eigenvalue weighted by Gasteiger charge is 2.54. The molecule has 4 aliphatic rings. The van der Waals surface area contributed by atoms with Gasteiger partial charge >= 0.3 is 0 Å². The minimum atomic E-state index is -0.171. The zero-order valence-corrected chi connectivity index (χ0v) is 11.0. The fraction of sp³-hybridized carbons (Fsp3) is 0.857. The Morgan fingerprint density at radius 1 is 1.00 bits per heavy atom. The van der Waals surface area contributed by atoms with E-state index in [1.165, 1.54) is 19.3 Å². The SMILES string of the molecule is CCC(=O)NNC(=O)C12CC3CC(CC(C3)C1)C2. The number of nitrogens with one attached hydrogen (secondary N) is 2. The van der Waals surface area contributed by atoms with Crippen molar-refractivity contribution >= 4 is 11.8 Å². The number of hydrogen-bond donors (Lipinski definition) is 2. The van der Waals surface area contributed by atoms with E-state index in [0.29, 0.717) is 6.42 Å². The molecule has 0 aromatic carbocycles. The lowest BCUT2D eigenvalue weighted by atomic mass is 9.49. The van der Waals surface area contributed by atoms with E-state index >= 15 is 0 Å². The summed E-state index contributed by atoms with van der Waals surface area (Å²) in [4.78, 5) is 23.6. The van der Waals surface area contributed by atoms with E-state index in [2.05, 4.69) is 10.9 Å². The second-order valence-electron chi connectivity index (χ2n) is 6.55. The van der Waals surface area contributed by atoms with Crippen LogP contribution in [0.5, 0.6) is 0 Å². The summed E-state index contributed by atoms with van der Waals surface area (Å²) in [6.07, 6.45) is 7.49. The molecule has 0 radical (unpaired) electrons. The van der Waals surface area contributed by atoms with E-state index in [-0.39, 0.29) is 17.2 Å². The molecule has 18 heavy (non-hydrogen) atoms. The van der Waals surface area contributed by atoms with Crippen LogP contribution >= 0.6 is 0 Å². The zero-order valence-electron chi connectivity index (χ0n) is 11.0. The summed E-state index contributed by atoms with van der Waals surface area (Å²) in [5.41, 5.74) is 5.00. The molecule has 0 saturated heterocycles. The molecule has 4 saturated carbocycles. The van der Waals surface area contributed by atoms with Crippen molar-refractivity contribution in [2.45, 2.75) is 51.9 Å². The predicted molar refractivity (Wildman–Crippen MR) is 67.2 cm³/mol. The van der Waals surface area contributed by atoms with Gasteiger partial charge < -0.3 is 0 Å². The summed E-state index contributed by atoms with van der Waals surface area (Å²) in [6, 6.07) is 0. The van der Waals surface area contributed by atoms with Crippen molar-refractivity contribution in [3.8, 4) is 0 Å². The average molecular weight is 250 g/mol. The van der Waals surface area contributed by atoms with Crippen LogP contribution in [0.25, 0.3) is 0 Å². The van der Waals surface area contributed by atoms with Crippen LogP contribution < -0.4 is 10.9 Å². The van der Waals surface area contributed by atoms with Gasteiger partial charge in [0.25, 0.3) is 0 Å². The summed E-state index contributed by atoms with van der Waals surface area (Å²) in [6.45, 7) is 1.78. The largest absolute Gasteiger partial charge is 0.273 e. The van der Waals surface area contributed by atoms with Gasteiger partial charge in [-0.05, 0) is 56.3 Å². The highest BCUT2D eigenvalue weighted by Crippen LogP contribution is 2.59. The van der Waals surface area contributed by atoms with Crippen molar-refractivity contribution in [2.24, 2.45) is 23.2 Å². The summed E-state index contributed by atoms with van der Waals surface area (Å²) < 4.78 is 0. The second kappa shape index (κ2) is 4.25. The monoisotopic (exact) mass is 250 g/mol. The number of rotatable bonds is 2. The van der Waals surface area contributed by atoms with Gasteiger partial charge in [0.15, 0.2) is 0 Å². The Morgan fingerprint density at radius 3 is 1.94 bits per heavy atom. The zero-order chi connectivity index (χ0) is 12.8. The lowest BCUT2D eigenvalue weighted by molar-refractivity contribution is -0.148. The van der Waals surface area contributed by atoms with Crippen LogP contribution in [0.15, 0.2) is 0 Å². The minimum absolute atomic E-state index is 0.0587. The molecule has 0 spiro atoms. The molecular weight excluding hydrogens is 228 g/mol. The first-order valence-electron chi connectivity index (χ1n) is 7.20. The van der Waals surface area contributed by atoms with Gasteiger partial charge in [-0.25, -0.2) is 0 Å². The molecule has 0 aromatic heterocycles. The number of carbonyl (C=O) groups excluding carboxylic acids is 2. The smallest absolute Gasteiger partial charge is 0.244 e. The topological polar surface area (TPSA) is 58.2 Å². The lowest BCUT2D eigenvalue weighted by Crippen LogP contribution is -2.56. The Bertz CT molecular complexity index is 343. The van der Waals surface area contributed by atoms with Crippen molar-refractivity contribution in [2.75, 3.05) is 0 Å². The number of hydrogen-bond acceptors (Lipinski definition) is 2. The van der Waals surface area contributed by atoms with E-state index < -0.39 is 0 Å². The Morgan fingerprint density at radius 2 is 1.50 bits per heavy atom. The highest BCUT2D eigenvalue weighted by atomic mass is 16.2. The molecule has 4 fully saturated rings. The van der Waals surface area contributed by atoms with Gasteiger partial charge in [-0.3, -0.25) is 20.4 Å². The molecule has 4 heteroatoms. The third-order valence-corrected chi connectivity index (χ3v) is 5.16. The van der Waals surface area contributed by atoms with Crippen molar-refractivity contribution in [1.29, 1.82) is 0 Å². The van der Waals surface area contributed by atoms with Gasteiger partial charge in [0.05, 0.1) is 5.41 Å². The molecule has 4 bridgehead atoms. The molecule has 0 aliphatic heterocycles. The van der Waals surface area contributed by atoms with Crippen LogP contribution in [0, 0.1) is 23.2 Å². The van der Waals surface area contributed by atoms with Gasteiger partial charge in [0, 0.05) is 6.42 Å². The molecule has 2 N–H and O–H groups in total. The molecule has 0 heterocycles. The molecule has 4 nitrogen and oxygen atoms in total. The molecule has 4 rings (SSSR count). The maximum Gasteiger partial charge on any atom is 0.244 e. The van der Waals surface area contributed by atoms with Crippen molar-refractivity contribution in [1.82, 2.24) is 10.9 Å². The summed E-state index contributed by atoms with van der Waals surface area (Å²) >= 11 is 0. The van der Waals surface area contributed by atoms with E-state index in [4.69, 9.17) is 0 Å². The van der Waals surface area contributed by atoms with Gasteiger partial charge in [0.2, 0.25) is 11.8 Å². The first kappa shape index (κ1) is 12.0. The molecule has 0 aromatic rings. The normalized spacial score (nSPS) is 40.6. The van der Waals surface area contributed by atoms with Crippen molar-refractivity contribution in [3.05, 3.63) is 0 Å². The predicted octanol–water partition coefficient (Wildman–Crippen LogP) is 1.76. The Balaban J connectivity index is 1.67. The quantitative estimate of drug-likeness (QED) is 0.734. The fourth-order valence-corrected chi connectivity index (χ4v) is 4.74. The van der Waals surface area contributed by atoms with Crippen LogP contribution in [0.3, 0.4) is 0 Å². The van der Waals surface area contributed by atoms with Crippen molar-refractivity contribution < 1.29 is 9.59 Å². The molecule has 100 valence electrons. The Labute approximate surface area is 108 Å². The minimum Gasteiger partial charge on any atom is -0.273 e. The van der Waals surface area contributed by atoms with Gasteiger partial charge in [0.1, 0.15) is 0 Å². The summed E-state index contributed by atoms with van der Waals surface area (Å²) in [7, 11) is 0. The van der Waals surface area contributed by atoms with Crippen molar-refractivity contribution in [3.63, 3.8) is 0 Å². The third kappa shape index (κ3) is 1.91. The lowest BCUT2D eigenvalue weighted by Gasteiger charge is -2.55. The summed E-state index contributed by atoms with van der Waals surface area (Å²) in [5, 5.41) is 0. The van der Waals surface area contributed by atoms with Crippen LogP contribution in [-0.2, 0) is 9.59 Å². The number of amides is 2. The number of hydrazine groups is 1. The molecule has 0 atom stereocenters. The van der Waals surface area contributed by atoms with Crippen LogP contribution in [0.4, 0.5) is 0 Å². The standard InChI is InChI=1S/C14H22N2O2/c1-2-12(17)15-16-13(18)14-6-9-3-10(7-14)5-11(4-9)8-14/h9-11H,2-8H2,1H3,(H,15,17)(H,16,18). The van der Waals surface area contributed by atoms with Gasteiger partial charge in [-0.2, -0.15) is 0 Å². The molecule has 2 amide bonds. The van der Waals surface area contributed by atoms with Gasteiger partial charge in [-0.15, -0.1) is 0 Å². The van der Waals surface area contributed by atoms with E-state index in [9.17, 15) is 9.59 Å². The average Bonchev–Trinajstić information content (AvgIpc) is 2.33. The number of carbonyl (C=O) groups is 2. The van der Waals surface area contributed by atoms with Crippen LogP contribution in [0.1, 0.15) is 51.9 Å². The third-order valence-electron chi connectivity index (χ3n) is 5.16. The summed E-state index contributed by atoms with van der Waals surface area (Å²) in [5.74, 6) is 2.20. The molecular formula is C14H22N2O2. The maximum absolute atomic E-state index is 12.4. The van der Waals surface area contributed by atoms with Crippen LogP contribution in [0.2, 0.25) is 0 Å². The van der Waals surface area contributed by atoms with Crippen LogP contribution in [-0.4, -0.2) is 11.8 Å². The molecule has 0 unspecified atom stereocenters. The maximum atomic E-state index is 12.4. The second-order valence-corrected chi connectivity index (χ2v) is 6.55.